The molecule has 0 spiro atoms. The van der Waals surface area contributed by atoms with Crippen molar-refractivity contribution in [2.75, 3.05) is 9.80 Å². The lowest BCUT2D eigenvalue weighted by atomic mass is 10.0. The van der Waals surface area contributed by atoms with Crippen molar-refractivity contribution in [1.29, 1.82) is 0 Å². The van der Waals surface area contributed by atoms with E-state index in [4.69, 9.17) is 15.0 Å². The van der Waals surface area contributed by atoms with E-state index in [0.717, 1.165) is 73.3 Å². The molecule has 8 aromatic carbocycles. The lowest BCUT2D eigenvalue weighted by Gasteiger charge is -2.30. The number of para-hydroxylation sites is 3. The summed E-state index contributed by atoms with van der Waals surface area (Å²) in [7, 11) is 0. The lowest BCUT2D eigenvalue weighted by Crippen LogP contribution is -2.14. The van der Waals surface area contributed by atoms with Gasteiger partial charge in [-0.3, -0.25) is 9.55 Å². The summed E-state index contributed by atoms with van der Waals surface area (Å²) in [6, 6.07) is 72.7. The zero-order chi connectivity index (χ0) is 39.1. The van der Waals surface area contributed by atoms with Crippen molar-refractivity contribution < 1.29 is 0 Å². The van der Waals surface area contributed by atoms with E-state index >= 15 is 0 Å². The quantitative estimate of drug-likeness (QED) is 0.155. The molecule has 3 aromatic heterocycles. The molecule has 0 atom stereocenters. The summed E-state index contributed by atoms with van der Waals surface area (Å²) in [5.41, 5.74) is 10.4. The first-order valence-corrected chi connectivity index (χ1v) is 19.8. The molecule has 0 fully saturated rings. The summed E-state index contributed by atoms with van der Waals surface area (Å²) in [5, 5.41) is 5.76. The van der Waals surface area contributed by atoms with E-state index in [1.54, 1.807) is 0 Å². The monoisotopic (exact) mass is 756 g/mol. The minimum absolute atomic E-state index is 0.761. The molecule has 11 rings (SSSR count). The van der Waals surface area contributed by atoms with Gasteiger partial charge < -0.3 is 9.80 Å². The molecule has 0 amide bonds. The Morgan fingerprint density at radius 2 is 0.881 bits per heavy atom. The van der Waals surface area contributed by atoms with E-state index in [1.807, 2.05) is 30.6 Å². The van der Waals surface area contributed by atoms with E-state index in [9.17, 15) is 0 Å². The van der Waals surface area contributed by atoms with Gasteiger partial charge in [0, 0.05) is 57.5 Å². The van der Waals surface area contributed by atoms with Crippen molar-refractivity contribution in [2.45, 2.75) is 0 Å². The maximum atomic E-state index is 5.38. The Balaban J connectivity index is 1.23. The lowest BCUT2D eigenvalue weighted by molar-refractivity contribution is 1.08. The van der Waals surface area contributed by atoms with E-state index in [-0.39, 0.29) is 0 Å². The number of anilines is 6. The summed E-state index contributed by atoms with van der Waals surface area (Å²) >= 11 is 0. The maximum Gasteiger partial charge on any atom is 0.165 e. The fraction of sp³-hybridized carbons (Fsp3) is 0. The number of imidazole rings is 1. The van der Waals surface area contributed by atoms with Crippen molar-refractivity contribution in [2.24, 2.45) is 0 Å². The van der Waals surface area contributed by atoms with Crippen LogP contribution in [0.4, 0.5) is 34.1 Å². The number of hydrogen-bond acceptors (Lipinski definition) is 5. The highest BCUT2D eigenvalue weighted by molar-refractivity contribution is 5.95. The molecule has 0 radical (unpaired) electrons. The largest absolute Gasteiger partial charge is 0.310 e. The Hall–Kier alpha value is -8.09. The molecule has 0 N–H and O–H groups in total. The standard InChI is InChI=1S/C53H36N6/c1-3-20-43(21-4-1)57(45-28-26-37-14-7-9-16-40(37)32-45)47-34-42(52-56-49-24-13-31-55-53(49)59(52)50-25-11-18-39-19-12-30-54-51(39)50)35-48(36-47)58(44-22-5-2-6-23-44)46-29-27-38-15-8-10-17-41(38)33-46/h1-36H. The molecule has 59 heavy (non-hydrogen) atoms. The summed E-state index contributed by atoms with van der Waals surface area (Å²) in [4.78, 5) is 19.9. The van der Waals surface area contributed by atoms with Crippen molar-refractivity contribution in [3.8, 4) is 17.1 Å². The van der Waals surface area contributed by atoms with Crippen molar-refractivity contribution in [1.82, 2.24) is 19.5 Å². The summed E-state index contributed by atoms with van der Waals surface area (Å²) in [6.07, 6.45) is 3.68. The average molecular weight is 757 g/mol. The van der Waals surface area contributed by atoms with Gasteiger partial charge in [-0.05, 0) is 113 Å². The Labute approximate surface area is 341 Å². The molecule has 3 heterocycles. The van der Waals surface area contributed by atoms with E-state index in [0.29, 0.717) is 0 Å². The second-order valence-corrected chi connectivity index (χ2v) is 14.6. The van der Waals surface area contributed by atoms with Crippen molar-refractivity contribution in [3.63, 3.8) is 0 Å². The van der Waals surface area contributed by atoms with Crippen LogP contribution in [0.15, 0.2) is 219 Å². The number of benzene rings is 8. The minimum Gasteiger partial charge on any atom is -0.310 e. The predicted molar refractivity (Wildman–Crippen MR) is 244 cm³/mol. The zero-order valence-corrected chi connectivity index (χ0v) is 32.0. The molecule has 6 nitrogen and oxygen atoms in total. The maximum absolute atomic E-state index is 5.38. The second-order valence-electron chi connectivity index (χ2n) is 14.6. The molecule has 0 bridgehead atoms. The Bertz CT molecular complexity index is 3160. The van der Waals surface area contributed by atoms with Gasteiger partial charge in [-0.2, -0.15) is 0 Å². The third kappa shape index (κ3) is 6.20. The van der Waals surface area contributed by atoms with Gasteiger partial charge in [0.05, 0.1) is 11.2 Å². The first kappa shape index (κ1) is 34.2. The van der Waals surface area contributed by atoms with Gasteiger partial charge in [0.2, 0.25) is 0 Å². The number of nitrogens with zero attached hydrogens (tertiary/aromatic N) is 6. The van der Waals surface area contributed by atoms with Crippen molar-refractivity contribution in [3.05, 3.63) is 219 Å². The number of pyridine rings is 2. The van der Waals surface area contributed by atoms with Crippen LogP contribution in [0.5, 0.6) is 0 Å². The van der Waals surface area contributed by atoms with Crippen LogP contribution in [0.1, 0.15) is 0 Å². The van der Waals surface area contributed by atoms with Crippen LogP contribution in [-0.2, 0) is 0 Å². The van der Waals surface area contributed by atoms with Gasteiger partial charge >= 0.3 is 0 Å². The highest BCUT2D eigenvalue weighted by Gasteiger charge is 2.24. The van der Waals surface area contributed by atoms with Gasteiger partial charge in [0.1, 0.15) is 11.3 Å². The summed E-state index contributed by atoms with van der Waals surface area (Å²) in [6.45, 7) is 0. The van der Waals surface area contributed by atoms with Crippen LogP contribution in [0.2, 0.25) is 0 Å². The smallest absolute Gasteiger partial charge is 0.165 e. The molecule has 0 unspecified atom stereocenters. The minimum atomic E-state index is 0.761. The summed E-state index contributed by atoms with van der Waals surface area (Å²) < 4.78 is 2.17. The van der Waals surface area contributed by atoms with Crippen LogP contribution in [0.3, 0.4) is 0 Å². The van der Waals surface area contributed by atoms with Crippen LogP contribution < -0.4 is 9.80 Å². The highest BCUT2D eigenvalue weighted by Crippen LogP contribution is 2.44. The molecular formula is C53H36N6. The SMILES string of the molecule is c1ccc(N(c2cc(-c3nc4cccnc4n3-c3cccc4cccnc34)cc(N(c3ccccc3)c3ccc4ccccc4c3)c2)c2ccc3ccccc3c2)cc1. The van der Waals surface area contributed by atoms with Gasteiger partial charge in [-0.1, -0.05) is 115 Å². The first-order chi connectivity index (χ1) is 29.2. The fourth-order valence-corrected chi connectivity index (χ4v) is 8.27. The first-order valence-electron chi connectivity index (χ1n) is 19.8. The summed E-state index contributed by atoms with van der Waals surface area (Å²) in [5.74, 6) is 0.762. The van der Waals surface area contributed by atoms with E-state index in [2.05, 4.69) is 202 Å². The van der Waals surface area contributed by atoms with Gasteiger partial charge in [0.25, 0.3) is 0 Å². The molecule has 0 aliphatic rings. The second kappa shape index (κ2) is 14.4. The van der Waals surface area contributed by atoms with Gasteiger partial charge in [0.15, 0.2) is 5.65 Å². The highest BCUT2D eigenvalue weighted by atomic mass is 15.2. The van der Waals surface area contributed by atoms with Crippen molar-refractivity contribution >= 4 is 77.7 Å². The zero-order valence-electron chi connectivity index (χ0n) is 32.0. The number of hydrogen-bond donors (Lipinski definition) is 0. The van der Waals surface area contributed by atoms with Crippen LogP contribution in [0, 0.1) is 0 Å². The Morgan fingerprint density at radius 3 is 1.51 bits per heavy atom. The molecule has 11 aromatic rings. The predicted octanol–water partition coefficient (Wildman–Crippen LogP) is 13.9. The van der Waals surface area contributed by atoms with E-state index in [1.165, 1.54) is 21.5 Å². The van der Waals surface area contributed by atoms with Gasteiger partial charge in [-0.25, -0.2) is 9.97 Å². The average Bonchev–Trinajstić information content (AvgIpc) is 3.69. The number of aromatic nitrogens is 4. The molecule has 0 saturated carbocycles. The number of fused-ring (bicyclic) bond motifs is 4. The van der Waals surface area contributed by atoms with Gasteiger partial charge in [-0.15, -0.1) is 0 Å². The Kier molecular flexibility index (Phi) is 8.37. The van der Waals surface area contributed by atoms with Crippen LogP contribution in [0.25, 0.3) is 60.7 Å². The van der Waals surface area contributed by atoms with Crippen LogP contribution >= 0.6 is 0 Å². The third-order valence-corrected chi connectivity index (χ3v) is 11.0. The molecule has 0 aliphatic carbocycles. The molecule has 0 aliphatic heterocycles. The topological polar surface area (TPSA) is 50.1 Å². The fourth-order valence-electron chi connectivity index (χ4n) is 8.27. The molecule has 6 heteroatoms. The molecule has 0 saturated heterocycles. The molecule has 278 valence electrons. The normalized spacial score (nSPS) is 11.4. The van der Waals surface area contributed by atoms with E-state index < -0.39 is 0 Å². The van der Waals surface area contributed by atoms with Crippen LogP contribution in [-0.4, -0.2) is 19.5 Å². The third-order valence-electron chi connectivity index (χ3n) is 11.0. The Morgan fingerprint density at radius 1 is 0.356 bits per heavy atom. The number of rotatable bonds is 8. The molecular weight excluding hydrogens is 721 g/mol.